The molecule has 0 saturated carbocycles. The summed E-state index contributed by atoms with van der Waals surface area (Å²) in [5.74, 6) is -1.56. The van der Waals surface area contributed by atoms with Gasteiger partial charge in [0.15, 0.2) is 0 Å². The Morgan fingerprint density at radius 3 is 2.13 bits per heavy atom. The molecule has 0 aromatic carbocycles. The predicted octanol–water partition coefficient (Wildman–Crippen LogP) is 0.800. The Morgan fingerprint density at radius 1 is 1.33 bits per heavy atom. The van der Waals surface area contributed by atoms with E-state index in [-0.39, 0.29) is 5.92 Å². The van der Waals surface area contributed by atoms with E-state index in [0.29, 0.717) is 12.8 Å². The summed E-state index contributed by atoms with van der Waals surface area (Å²) in [5, 5.41) is 19.5. The molecule has 88 valence electrons. The maximum atomic E-state index is 11.2. The lowest BCUT2D eigenvalue weighted by atomic mass is 9.74. The number of hydrogen-bond donors (Lipinski definition) is 2. The lowest BCUT2D eigenvalue weighted by molar-refractivity contribution is -0.160. The molecule has 15 heavy (non-hydrogen) atoms. The van der Waals surface area contributed by atoms with E-state index in [2.05, 4.69) is 4.90 Å². The molecule has 1 aliphatic heterocycles. The van der Waals surface area contributed by atoms with E-state index in [1.54, 1.807) is 0 Å². The highest BCUT2D eigenvalue weighted by Crippen LogP contribution is 2.34. The Balaban J connectivity index is 2.78. The summed E-state index contributed by atoms with van der Waals surface area (Å²) < 4.78 is 0. The Hall–Kier alpha value is -0.610. The van der Waals surface area contributed by atoms with Crippen LogP contribution >= 0.6 is 0 Å². The second-order valence-electron chi connectivity index (χ2n) is 4.97. The minimum absolute atomic E-state index is 0.0316. The van der Waals surface area contributed by atoms with Gasteiger partial charge in [0.05, 0.1) is 11.5 Å². The lowest BCUT2D eigenvalue weighted by Gasteiger charge is -2.41. The van der Waals surface area contributed by atoms with Crippen molar-refractivity contribution in [3.63, 3.8) is 0 Å². The standard InChI is InChI=1S/C11H21NO3/c1-8(2)9(10(13)14)11(15)4-6-12(3)7-5-11/h8-9,15H,4-7H2,1-3H3,(H,13,14). The third kappa shape index (κ3) is 2.69. The molecule has 4 nitrogen and oxygen atoms in total. The fourth-order valence-corrected chi connectivity index (χ4v) is 2.45. The van der Waals surface area contributed by atoms with Crippen LogP contribution in [0.3, 0.4) is 0 Å². The molecule has 1 rings (SSSR count). The number of hydrogen-bond acceptors (Lipinski definition) is 3. The van der Waals surface area contributed by atoms with Crippen molar-refractivity contribution in [2.75, 3.05) is 20.1 Å². The van der Waals surface area contributed by atoms with Gasteiger partial charge in [-0.2, -0.15) is 0 Å². The van der Waals surface area contributed by atoms with Crippen LogP contribution in [0.5, 0.6) is 0 Å². The zero-order chi connectivity index (χ0) is 11.6. The molecular weight excluding hydrogens is 194 g/mol. The number of piperidine rings is 1. The number of carbonyl (C=O) groups is 1. The molecule has 0 aliphatic carbocycles. The van der Waals surface area contributed by atoms with Crippen LogP contribution in [-0.4, -0.2) is 46.8 Å². The molecular formula is C11H21NO3. The second-order valence-corrected chi connectivity index (χ2v) is 4.97. The molecule has 0 radical (unpaired) electrons. The largest absolute Gasteiger partial charge is 0.481 e. The predicted molar refractivity (Wildman–Crippen MR) is 57.6 cm³/mol. The van der Waals surface area contributed by atoms with Crippen LogP contribution in [0.15, 0.2) is 0 Å². The minimum atomic E-state index is -1.02. The number of aliphatic carboxylic acids is 1. The van der Waals surface area contributed by atoms with E-state index < -0.39 is 17.5 Å². The highest BCUT2D eigenvalue weighted by molar-refractivity contribution is 5.71. The summed E-state index contributed by atoms with van der Waals surface area (Å²) in [6, 6.07) is 0. The van der Waals surface area contributed by atoms with Crippen LogP contribution in [0.2, 0.25) is 0 Å². The van der Waals surface area contributed by atoms with E-state index in [1.165, 1.54) is 0 Å². The number of carboxylic acids is 1. The number of nitrogens with zero attached hydrogens (tertiary/aromatic N) is 1. The smallest absolute Gasteiger partial charge is 0.309 e. The third-order valence-electron chi connectivity index (χ3n) is 3.36. The van der Waals surface area contributed by atoms with Gasteiger partial charge in [-0.05, 0) is 25.8 Å². The summed E-state index contributed by atoms with van der Waals surface area (Å²) in [7, 11) is 1.99. The van der Waals surface area contributed by atoms with Crippen LogP contribution in [0.1, 0.15) is 26.7 Å². The molecule has 1 aliphatic rings. The molecule has 2 N–H and O–H groups in total. The second kappa shape index (κ2) is 4.49. The fraction of sp³-hybridized carbons (Fsp3) is 0.909. The van der Waals surface area contributed by atoms with Gasteiger partial charge in [0, 0.05) is 13.1 Å². The van der Waals surface area contributed by atoms with Crippen LogP contribution in [0.4, 0.5) is 0 Å². The van der Waals surface area contributed by atoms with Crippen molar-refractivity contribution < 1.29 is 15.0 Å². The van der Waals surface area contributed by atoms with Gasteiger partial charge < -0.3 is 15.1 Å². The monoisotopic (exact) mass is 215 g/mol. The molecule has 0 amide bonds. The molecule has 1 saturated heterocycles. The Morgan fingerprint density at radius 2 is 1.80 bits per heavy atom. The van der Waals surface area contributed by atoms with Crippen molar-refractivity contribution in [3.8, 4) is 0 Å². The van der Waals surface area contributed by atoms with E-state index in [9.17, 15) is 9.90 Å². The van der Waals surface area contributed by atoms with Gasteiger partial charge in [0.25, 0.3) is 0 Å². The number of aliphatic hydroxyl groups is 1. The van der Waals surface area contributed by atoms with Crippen LogP contribution in [0.25, 0.3) is 0 Å². The van der Waals surface area contributed by atoms with Crippen molar-refractivity contribution in [2.24, 2.45) is 11.8 Å². The topological polar surface area (TPSA) is 60.8 Å². The van der Waals surface area contributed by atoms with Gasteiger partial charge in [0.1, 0.15) is 0 Å². The number of likely N-dealkylation sites (tertiary alicyclic amines) is 1. The van der Waals surface area contributed by atoms with Gasteiger partial charge >= 0.3 is 5.97 Å². The summed E-state index contributed by atoms with van der Waals surface area (Å²) in [5.41, 5.74) is -1.02. The van der Waals surface area contributed by atoms with Gasteiger partial charge in [-0.1, -0.05) is 13.8 Å². The van der Waals surface area contributed by atoms with Crippen molar-refractivity contribution >= 4 is 5.97 Å². The first-order valence-corrected chi connectivity index (χ1v) is 5.50. The van der Waals surface area contributed by atoms with E-state index in [0.717, 1.165) is 13.1 Å². The van der Waals surface area contributed by atoms with Gasteiger partial charge in [-0.15, -0.1) is 0 Å². The molecule has 4 heteroatoms. The van der Waals surface area contributed by atoms with Crippen molar-refractivity contribution in [3.05, 3.63) is 0 Å². The van der Waals surface area contributed by atoms with Crippen LogP contribution in [0, 0.1) is 11.8 Å². The first kappa shape index (κ1) is 12.5. The quantitative estimate of drug-likeness (QED) is 0.731. The molecule has 0 aromatic heterocycles. The molecule has 0 spiro atoms. The highest BCUT2D eigenvalue weighted by Gasteiger charge is 2.44. The highest BCUT2D eigenvalue weighted by atomic mass is 16.4. The number of rotatable bonds is 3. The summed E-state index contributed by atoms with van der Waals surface area (Å²) >= 11 is 0. The minimum Gasteiger partial charge on any atom is -0.481 e. The Kier molecular flexibility index (Phi) is 3.73. The average Bonchev–Trinajstić information content (AvgIpc) is 2.09. The first-order valence-electron chi connectivity index (χ1n) is 5.50. The van der Waals surface area contributed by atoms with Gasteiger partial charge in [-0.3, -0.25) is 4.79 Å². The first-order chi connectivity index (χ1) is 6.87. The average molecular weight is 215 g/mol. The normalized spacial score (nSPS) is 24.1. The maximum Gasteiger partial charge on any atom is 0.309 e. The van der Waals surface area contributed by atoms with Crippen molar-refractivity contribution in [1.82, 2.24) is 4.90 Å². The zero-order valence-electron chi connectivity index (χ0n) is 9.73. The van der Waals surface area contributed by atoms with Crippen molar-refractivity contribution in [1.29, 1.82) is 0 Å². The number of carboxylic acid groups (broad SMARTS) is 1. The molecule has 0 aromatic rings. The van der Waals surface area contributed by atoms with E-state index in [4.69, 9.17) is 5.11 Å². The third-order valence-corrected chi connectivity index (χ3v) is 3.36. The zero-order valence-corrected chi connectivity index (χ0v) is 9.73. The maximum absolute atomic E-state index is 11.2. The Bertz CT molecular complexity index is 232. The van der Waals surface area contributed by atoms with E-state index >= 15 is 0 Å². The van der Waals surface area contributed by atoms with E-state index in [1.807, 2.05) is 20.9 Å². The van der Waals surface area contributed by atoms with Gasteiger partial charge in [0.2, 0.25) is 0 Å². The molecule has 0 bridgehead atoms. The van der Waals surface area contributed by atoms with Crippen LogP contribution in [-0.2, 0) is 4.79 Å². The van der Waals surface area contributed by atoms with Gasteiger partial charge in [-0.25, -0.2) is 0 Å². The summed E-state index contributed by atoms with van der Waals surface area (Å²) in [4.78, 5) is 13.3. The fourth-order valence-electron chi connectivity index (χ4n) is 2.45. The molecule has 1 unspecified atom stereocenters. The summed E-state index contributed by atoms with van der Waals surface area (Å²) in [6.07, 6.45) is 1.11. The van der Waals surface area contributed by atoms with Crippen LogP contribution < -0.4 is 0 Å². The van der Waals surface area contributed by atoms with Crippen molar-refractivity contribution in [2.45, 2.75) is 32.3 Å². The molecule has 1 heterocycles. The molecule has 1 atom stereocenters. The molecule has 1 fully saturated rings. The Labute approximate surface area is 90.9 Å². The summed E-state index contributed by atoms with van der Waals surface area (Å²) in [6.45, 7) is 5.25. The lowest BCUT2D eigenvalue weighted by Crippen LogP contribution is -2.52. The SMILES string of the molecule is CC(C)C(C(=O)O)C1(O)CCN(C)CC1.